The summed E-state index contributed by atoms with van der Waals surface area (Å²) in [6, 6.07) is 13.2. The van der Waals surface area contributed by atoms with E-state index in [1.807, 2.05) is 31.2 Å². The standard InChI is InChI=1S/C16H11ClN6/c1-9-2-4-11(7-12(9)17)19-15-21-16-20-13-6-10(8-18)3-5-14(13)23(16)22-15/h2-7H,1H3,(H2,19,20,21,22). The van der Waals surface area contributed by atoms with E-state index in [2.05, 4.69) is 26.5 Å². The quantitative estimate of drug-likeness (QED) is 0.588. The number of nitriles is 1. The van der Waals surface area contributed by atoms with Crippen molar-refractivity contribution >= 4 is 40.0 Å². The topological polar surface area (TPSA) is 81.8 Å². The van der Waals surface area contributed by atoms with Crippen molar-refractivity contribution in [1.29, 1.82) is 5.26 Å². The molecule has 2 N–H and O–H groups in total. The normalized spacial score (nSPS) is 11.0. The van der Waals surface area contributed by atoms with Crippen molar-refractivity contribution in [3.8, 4) is 6.07 Å². The number of anilines is 2. The van der Waals surface area contributed by atoms with Crippen LogP contribution < -0.4 is 5.32 Å². The fourth-order valence-corrected chi connectivity index (χ4v) is 2.60. The van der Waals surface area contributed by atoms with Gasteiger partial charge in [0.15, 0.2) is 0 Å². The average Bonchev–Trinajstić information content (AvgIpc) is 3.07. The van der Waals surface area contributed by atoms with Crippen LogP contribution in [0.25, 0.3) is 16.8 Å². The molecule has 0 aliphatic carbocycles. The van der Waals surface area contributed by atoms with Crippen LogP contribution >= 0.6 is 11.6 Å². The number of nitrogens with zero attached hydrogens (tertiary/aromatic N) is 4. The summed E-state index contributed by atoms with van der Waals surface area (Å²) in [7, 11) is 0. The van der Waals surface area contributed by atoms with E-state index < -0.39 is 0 Å². The fourth-order valence-electron chi connectivity index (χ4n) is 2.42. The van der Waals surface area contributed by atoms with E-state index in [0.29, 0.717) is 22.3 Å². The minimum atomic E-state index is 0.538. The molecule has 0 saturated carbocycles. The highest BCUT2D eigenvalue weighted by atomic mass is 35.5. The van der Waals surface area contributed by atoms with Gasteiger partial charge in [-0.1, -0.05) is 17.7 Å². The first-order chi connectivity index (χ1) is 11.1. The van der Waals surface area contributed by atoms with Gasteiger partial charge in [0.1, 0.15) is 0 Å². The zero-order chi connectivity index (χ0) is 16.0. The first kappa shape index (κ1) is 13.6. The second-order valence-corrected chi connectivity index (χ2v) is 5.63. The van der Waals surface area contributed by atoms with Crippen LogP contribution in [0.5, 0.6) is 0 Å². The molecular formula is C16H11ClN6. The van der Waals surface area contributed by atoms with Crippen molar-refractivity contribution in [3.05, 3.63) is 52.5 Å². The number of hydrogen-bond donors (Lipinski definition) is 2. The molecule has 0 bridgehead atoms. The van der Waals surface area contributed by atoms with Gasteiger partial charge in [0.05, 0.1) is 22.7 Å². The Hall–Kier alpha value is -3.04. The zero-order valence-corrected chi connectivity index (χ0v) is 12.9. The predicted molar refractivity (Wildman–Crippen MR) is 89.0 cm³/mol. The van der Waals surface area contributed by atoms with Crippen molar-refractivity contribution in [2.24, 2.45) is 0 Å². The lowest BCUT2D eigenvalue weighted by atomic mass is 10.2. The van der Waals surface area contributed by atoms with Gasteiger partial charge < -0.3 is 5.32 Å². The van der Waals surface area contributed by atoms with Crippen molar-refractivity contribution in [3.63, 3.8) is 0 Å². The molecule has 0 fully saturated rings. The number of benzene rings is 2. The molecule has 2 aromatic carbocycles. The molecule has 2 aromatic heterocycles. The van der Waals surface area contributed by atoms with Gasteiger partial charge >= 0.3 is 0 Å². The van der Waals surface area contributed by atoms with E-state index in [9.17, 15) is 0 Å². The number of aromatic amines is 1. The molecule has 0 aliphatic rings. The van der Waals surface area contributed by atoms with E-state index in [4.69, 9.17) is 16.9 Å². The second kappa shape index (κ2) is 5.00. The van der Waals surface area contributed by atoms with Gasteiger partial charge in [0, 0.05) is 10.7 Å². The van der Waals surface area contributed by atoms with E-state index >= 15 is 0 Å². The van der Waals surface area contributed by atoms with Crippen LogP contribution in [0.3, 0.4) is 0 Å². The first-order valence-electron chi connectivity index (χ1n) is 6.95. The third-order valence-corrected chi connectivity index (χ3v) is 4.04. The molecule has 0 radical (unpaired) electrons. The van der Waals surface area contributed by atoms with Gasteiger partial charge in [-0.2, -0.15) is 10.2 Å². The van der Waals surface area contributed by atoms with E-state index in [0.717, 1.165) is 22.3 Å². The molecule has 0 amide bonds. The Morgan fingerprint density at radius 2 is 2.09 bits per heavy atom. The van der Waals surface area contributed by atoms with Crippen molar-refractivity contribution in [2.75, 3.05) is 5.32 Å². The van der Waals surface area contributed by atoms with Gasteiger partial charge in [0.2, 0.25) is 5.95 Å². The molecule has 112 valence electrons. The summed E-state index contributed by atoms with van der Waals surface area (Å²) < 4.78 is 1.77. The summed E-state index contributed by atoms with van der Waals surface area (Å²) in [5.74, 6) is 1.11. The number of aromatic nitrogens is 4. The molecule has 0 atom stereocenters. The molecule has 4 aromatic rings. The molecule has 0 spiro atoms. The van der Waals surface area contributed by atoms with Crippen LogP contribution in [0, 0.1) is 18.3 Å². The number of H-pyrrole nitrogens is 1. The molecule has 7 heteroatoms. The molecule has 0 unspecified atom stereocenters. The SMILES string of the molecule is Cc1ccc(Nc2nc3nc4cc(C#N)ccc4n3[nH]2)cc1Cl. The maximum Gasteiger partial charge on any atom is 0.253 e. The van der Waals surface area contributed by atoms with Crippen LogP contribution in [0.1, 0.15) is 11.1 Å². The van der Waals surface area contributed by atoms with Crippen LogP contribution in [0.2, 0.25) is 5.02 Å². The lowest BCUT2D eigenvalue weighted by Gasteiger charge is -2.04. The Bertz CT molecular complexity index is 1090. The maximum absolute atomic E-state index is 8.94. The number of imidazole rings is 1. The molecule has 6 nitrogen and oxygen atoms in total. The minimum absolute atomic E-state index is 0.538. The number of halogens is 1. The monoisotopic (exact) mass is 322 g/mol. The lowest BCUT2D eigenvalue weighted by Crippen LogP contribution is -1.94. The largest absolute Gasteiger partial charge is 0.324 e. The molecule has 23 heavy (non-hydrogen) atoms. The first-order valence-corrected chi connectivity index (χ1v) is 7.33. The van der Waals surface area contributed by atoms with Crippen LogP contribution in [0.4, 0.5) is 11.6 Å². The summed E-state index contributed by atoms with van der Waals surface area (Å²) in [4.78, 5) is 8.83. The molecule has 2 heterocycles. The van der Waals surface area contributed by atoms with Gasteiger partial charge in [-0.05, 0) is 42.8 Å². The van der Waals surface area contributed by atoms with Crippen molar-refractivity contribution in [1.82, 2.24) is 19.6 Å². The predicted octanol–water partition coefficient (Wildman–Crippen LogP) is 3.79. The number of aryl methyl sites for hydroxylation is 1. The van der Waals surface area contributed by atoms with Gasteiger partial charge in [-0.25, -0.2) is 9.50 Å². The van der Waals surface area contributed by atoms with Crippen LogP contribution in [-0.2, 0) is 0 Å². The van der Waals surface area contributed by atoms with E-state index in [1.54, 1.807) is 16.6 Å². The average molecular weight is 323 g/mol. The molecule has 4 rings (SSSR count). The third kappa shape index (κ3) is 2.28. The highest BCUT2D eigenvalue weighted by Crippen LogP contribution is 2.23. The Kier molecular flexibility index (Phi) is 2.96. The summed E-state index contributed by atoms with van der Waals surface area (Å²) >= 11 is 6.13. The fraction of sp³-hybridized carbons (Fsp3) is 0.0625. The van der Waals surface area contributed by atoms with Gasteiger partial charge in [-0.15, -0.1) is 0 Å². The highest BCUT2D eigenvalue weighted by Gasteiger charge is 2.10. The zero-order valence-electron chi connectivity index (χ0n) is 12.1. The summed E-state index contributed by atoms with van der Waals surface area (Å²) in [5, 5.41) is 16.0. The minimum Gasteiger partial charge on any atom is -0.324 e. The molecule has 0 saturated heterocycles. The summed E-state index contributed by atoms with van der Waals surface area (Å²) in [6.45, 7) is 1.95. The second-order valence-electron chi connectivity index (χ2n) is 5.22. The van der Waals surface area contributed by atoms with Crippen LogP contribution in [-0.4, -0.2) is 19.6 Å². The molecule has 0 aliphatic heterocycles. The Labute approximate surface area is 136 Å². The number of hydrogen-bond acceptors (Lipinski definition) is 4. The van der Waals surface area contributed by atoms with E-state index in [1.165, 1.54) is 0 Å². The van der Waals surface area contributed by atoms with Gasteiger partial charge in [0.25, 0.3) is 5.78 Å². The van der Waals surface area contributed by atoms with Crippen molar-refractivity contribution in [2.45, 2.75) is 6.92 Å². The Morgan fingerprint density at radius 1 is 1.22 bits per heavy atom. The lowest BCUT2D eigenvalue weighted by molar-refractivity contribution is 1.01. The Morgan fingerprint density at radius 3 is 2.87 bits per heavy atom. The number of rotatable bonds is 2. The van der Waals surface area contributed by atoms with Gasteiger partial charge in [-0.3, -0.25) is 5.10 Å². The smallest absolute Gasteiger partial charge is 0.253 e. The maximum atomic E-state index is 8.94. The highest BCUT2D eigenvalue weighted by molar-refractivity contribution is 6.31. The third-order valence-electron chi connectivity index (χ3n) is 3.63. The van der Waals surface area contributed by atoms with Crippen LogP contribution in [0.15, 0.2) is 36.4 Å². The number of fused-ring (bicyclic) bond motifs is 3. The molecular weight excluding hydrogens is 312 g/mol. The summed E-state index contributed by atoms with van der Waals surface area (Å²) in [6.07, 6.45) is 0. The Balaban J connectivity index is 1.74. The van der Waals surface area contributed by atoms with E-state index in [-0.39, 0.29) is 0 Å². The summed E-state index contributed by atoms with van der Waals surface area (Å²) in [5.41, 5.74) is 4.03. The number of nitrogens with one attached hydrogen (secondary N) is 2. The van der Waals surface area contributed by atoms with Crippen molar-refractivity contribution < 1.29 is 0 Å².